The number of hydrogen-bond acceptors (Lipinski definition) is 2. The second-order valence-electron chi connectivity index (χ2n) is 5.89. The molecule has 0 aliphatic rings. The monoisotopic (exact) mass is 335 g/mol. The molecule has 1 atom stereocenters. The summed E-state index contributed by atoms with van der Waals surface area (Å²) in [5.41, 5.74) is 1.16. The van der Waals surface area contributed by atoms with Crippen molar-refractivity contribution in [1.82, 2.24) is 4.90 Å². The van der Waals surface area contributed by atoms with Crippen LogP contribution in [-0.2, 0) is 4.79 Å². The van der Waals surface area contributed by atoms with Crippen LogP contribution in [0.5, 0.6) is 0 Å². The topological polar surface area (TPSA) is 20.3 Å². The third kappa shape index (κ3) is 3.80. The largest absolute Gasteiger partial charge is 0.338 e. The molecule has 1 amide bonds. The Morgan fingerprint density at radius 1 is 0.958 bits per heavy atom. The standard InChI is InChI=1S/C21H21NOS/c1-16(17-8-4-3-5-9-17)22(2)21(23)15-24-20-13-12-18-10-6-7-11-19(18)14-20/h3-14,16H,15H2,1-2H3/t16-/m1/s1. The van der Waals surface area contributed by atoms with Crippen LogP contribution in [0.1, 0.15) is 18.5 Å². The van der Waals surface area contributed by atoms with Gasteiger partial charge >= 0.3 is 0 Å². The molecule has 0 unspecified atom stereocenters. The highest BCUT2D eigenvalue weighted by molar-refractivity contribution is 8.00. The second-order valence-corrected chi connectivity index (χ2v) is 6.94. The number of thioether (sulfide) groups is 1. The Bertz CT molecular complexity index is 831. The van der Waals surface area contributed by atoms with Gasteiger partial charge in [0.1, 0.15) is 0 Å². The van der Waals surface area contributed by atoms with Crippen LogP contribution in [0.2, 0.25) is 0 Å². The van der Waals surface area contributed by atoms with Crippen molar-refractivity contribution in [3.8, 4) is 0 Å². The van der Waals surface area contributed by atoms with Gasteiger partial charge in [-0.1, -0.05) is 60.7 Å². The van der Waals surface area contributed by atoms with Crippen LogP contribution in [0, 0.1) is 0 Å². The van der Waals surface area contributed by atoms with E-state index < -0.39 is 0 Å². The average Bonchev–Trinajstić information content (AvgIpc) is 2.65. The number of carbonyl (C=O) groups is 1. The lowest BCUT2D eigenvalue weighted by Crippen LogP contribution is -2.31. The molecule has 0 aliphatic carbocycles. The summed E-state index contributed by atoms with van der Waals surface area (Å²) < 4.78 is 0. The van der Waals surface area contributed by atoms with E-state index >= 15 is 0 Å². The summed E-state index contributed by atoms with van der Waals surface area (Å²) in [4.78, 5) is 15.5. The van der Waals surface area contributed by atoms with Crippen molar-refractivity contribution >= 4 is 28.4 Å². The number of benzene rings is 3. The van der Waals surface area contributed by atoms with E-state index in [1.165, 1.54) is 10.8 Å². The van der Waals surface area contributed by atoms with Crippen LogP contribution < -0.4 is 0 Å². The van der Waals surface area contributed by atoms with Gasteiger partial charge in [-0.2, -0.15) is 0 Å². The van der Waals surface area contributed by atoms with Gasteiger partial charge in [-0.05, 0) is 35.4 Å². The minimum atomic E-state index is 0.0795. The van der Waals surface area contributed by atoms with Crippen molar-refractivity contribution in [3.63, 3.8) is 0 Å². The van der Waals surface area contributed by atoms with Crippen molar-refractivity contribution in [2.75, 3.05) is 12.8 Å². The molecule has 0 spiro atoms. The van der Waals surface area contributed by atoms with Gasteiger partial charge in [0.05, 0.1) is 11.8 Å². The predicted molar refractivity (Wildman–Crippen MR) is 102 cm³/mol. The lowest BCUT2D eigenvalue weighted by atomic mass is 10.1. The van der Waals surface area contributed by atoms with Gasteiger partial charge in [-0.25, -0.2) is 0 Å². The molecule has 0 bridgehead atoms. The van der Waals surface area contributed by atoms with E-state index in [-0.39, 0.29) is 11.9 Å². The number of rotatable bonds is 5. The van der Waals surface area contributed by atoms with E-state index in [9.17, 15) is 4.79 Å². The zero-order valence-corrected chi connectivity index (χ0v) is 14.8. The molecule has 3 aromatic carbocycles. The fourth-order valence-electron chi connectivity index (χ4n) is 2.68. The van der Waals surface area contributed by atoms with E-state index in [0.29, 0.717) is 5.75 Å². The molecule has 0 heterocycles. The maximum absolute atomic E-state index is 12.5. The molecule has 0 aromatic heterocycles. The van der Waals surface area contributed by atoms with Crippen molar-refractivity contribution in [3.05, 3.63) is 78.4 Å². The molecule has 3 aromatic rings. The van der Waals surface area contributed by atoms with Crippen LogP contribution in [-0.4, -0.2) is 23.6 Å². The third-order valence-corrected chi connectivity index (χ3v) is 5.32. The molecule has 24 heavy (non-hydrogen) atoms. The van der Waals surface area contributed by atoms with E-state index in [0.717, 1.165) is 10.5 Å². The van der Waals surface area contributed by atoms with Gasteiger partial charge in [0.25, 0.3) is 0 Å². The Morgan fingerprint density at radius 3 is 2.38 bits per heavy atom. The summed E-state index contributed by atoms with van der Waals surface area (Å²) >= 11 is 1.59. The molecule has 122 valence electrons. The summed E-state index contributed by atoms with van der Waals surface area (Å²) in [5, 5.41) is 2.43. The second kappa shape index (κ2) is 7.54. The zero-order valence-electron chi connectivity index (χ0n) is 14.0. The van der Waals surface area contributed by atoms with Crippen molar-refractivity contribution in [1.29, 1.82) is 0 Å². The fourth-order valence-corrected chi connectivity index (χ4v) is 3.54. The van der Waals surface area contributed by atoms with Gasteiger partial charge in [-0.3, -0.25) is 4.79 Å². The summed E-state index contributed by atoms with van der Waals surface area (Å²) in [6.07, 6.45) is 0. The van der Waals surface area contributed by atoms with Gasteiger partial charge in [0.15, 0.2) is 0 Å². The number of amides is 1. The predicted octanol–water partition coefficient (Wildman–Crippen LogP) is 5.15. The molecular weight excluding hydrogens is 314 g/mol. The smallest absolute Gasteiger partial charge is 0.233 e. The Labute approximate surface area is 147 Å². The molecule has 0 saturated carbocycles. The van der Waals surface area contributed by atoms with E-state index in [1.807, 2.05) is 42.3 Å². The summed E-state index contributed by atoms with van der Waals surface area (Å²) in [6.45, 7) is 2.06. The first kappa shape index (κ1) is 16.6. The first-order valence-corrected chi connectivity index (χ1v) is 9.06. The van der Waals surface area contributed by atoms with Gasteiger partial charge in [0.2, 0.25) is 5.91 Å². The molecule has 0 aliphatic heterocycles. The van der Waals surface area contributed by atoms with Crippen LogP contribution in [0.15, 0.2) is 77.7 Å². The van der Waals surface area contributed by atoms with Gasteiger partial charge < -0.3 is 4.90 Å². The van der Waals surface area contributed by atoms with E-state index in [2.05, 4.69) is 49.4 Å². The molecule has 0 fully saturated rings. The molecule has 2 nitrogen and oxygen atoms in total. The quantitative estimate of drug-likeness (QED) is 0.601. The van der Waals surface area contributed by atoms with E-state index in [1.54, 1.807) is 11.8 Å². The number of fused-ring (bicyclic) bond motifs is 1. The molecule has 3 heteroatoms. The third-order valence-electron chi connectivity index (χ3n) is 4.34. The minimum Gasteiger partial charge on any atom is -0.338 e. The van der Waals surface area contributed by atoms with Crippen LogP contribution >= 0.6 is 11.8 Å². The number of carbonyl (C=O) groups excluding carboxylic acids is 1. The Hall–Kier alpha value is -2.26. The highest BCUT2D eigenvalue weighted by Crippen LogP contribution is 2.25. The van der Waals surface area contributed by atoms with Gasteiger partial charge in [-0.15, -0.1) is 11.8 Å². The molecule has 3 rings (SSSR count). The lowest BCUT2D eigenvalue weighted by Gasteiger charge is -2.25. The van der Waals surface area contributed by atoms with Crippen molar-refractivity contribution in [2.45, 2.75) is 17.9 Å². The van der Waals surface area contributed by atoms with Crippen LogP contribution in [0.25, 0.3) is 10.8 Å². The number of nitrogens with zero attached hydrogens (tertiary/aromatic N) is 1. The van der Waals surface area contributed by atoms with E-state index in [4.69, 9.17) is 0 Å². The fraction of sp³-hybridized carbons (Fsp3) is 0.190. The highest BCUT2D eigenvalue weighted by Gasteiger charge is 2.17. The minimum absolute atomic E-state index is 0.0795. The zero-order chi connectivity index (χ0) is 16.9. The molecule has 0 N–H and O–H groups in total. The lowest BCUT2D eigenvalue weighted by molar-refractivity contribution is -0.128. The summed E-state index contributed by atoms with van der Waals surface area (Å²) in [6, 6.07) is 24.8. The first-order valence-electron chi connectivity index (χ1n) is 8.07. The van der Waals surface area contributed by atoms with Crippen molar-refractivity contribution in [2.24, 2.45) is 0 Å². The maximum atomic E-state index is 12.5. The van der Waals surface area contributed by atoms with Crippen molar-refractivity contribution < 1.29 is 4.79 Å². The Morgan fingerprint density at radius 2 is 1.62 bits per heavy atom. The average molecular weight is 335 g/mol. The number of hydrogen-bond donors (Lipinski definition) is 0. The molecule has 0 saturated heterocycles. The maximum Gasteiger partial charge on any atom is 0.233 e. The Balaban J connectivity index is 1.63. The highest BCUT2D eigenvalue weighted by atomic mass is 32.2. The summed E-state index contributed by atoms with van der Waals surface area (Å²) in [7, 11) is 1.88. The van der Waals surface area contributed by atoms with Crippen LogP contribution in [0.3, 0.4) is 0 Å². The normalized spacial score (nSPS) is 12.1. The first-order chi connectivity index (χ1) is 11.6. The van der Waals surface area contributed by atoms with Gasteiger partial charge in [0, 0.05) is 11.9 Å². The van der Waals surface area contributed by atoms with Crippen LogP contribution in [0.4, 0.5) is 0 Å². The molecular formula is C21H21NOS. The Kier molecular flexibility index (Phi) is 5.21. The SMILES string of the molecule is C[C@H](c1ccccc1)N(C)C(=O)CSc1ccc2ccccc2c1. The molecule has 0 radical (unpaired) electrons. The summed E-state index contributed by atoms with van der Waals surface area (Å²) in [5.74, 6) is 0.593.